The maximum atomic E-state index is 2.25. The fourth-order valence-electron chi connectivity index (χ4n) is 2.12. The van der Waals surface area contributed by atoms with E-state index in [0.717, 1.165) is 11.2 Å². The highest BCUT2D eigenvalue weighted by Crippen LogP contribution is 2.37. The molecule has 1 aliphatic carbocycles. The van der Waals surface area contributed by atoms with Crippen LogP contribution in [0.2, 0.25) is 0 Å². The minimum Gasteiger partial charge on any atom is -0.158 e. The largest absolute Gasteiger partial charge is 0.158 e. The Morgan fingerprint density at radius 1 is 0.900 bits per heavy atom. The van der Waals surface area contributed by atoms with Crippen LogP contribution < -0.4 is 0 Å². The van der Waals surface area contributed by atoms with Crippen LogP contribution in [-0.2, 0) is 0 Å². The van der Waals surface area contributed by atoms with Gasteiger partial charge in [-0.2, -0.15) is 11.8 Å². The first kappa shape index (κ1) is 7.02. The van der Waals surface area contributed by atoms with E-state index in [1.165, 1.54) is 44.3 Å². The average molecular weight is 156 g/mol. The molecule has 0 aromatic rings. The molecule has 3 aliphatic rings. The Bertz CT molecular complexity index is 83.8. The molecule has 0 aromatic heterocycles. The van der Waals surface area contributed by atoms with Crippen LogP contribution in [0.5, 0.6) is 0 Å². The fourth-order valence-corrected chi connectivity index (χ4v) is 3.63. The zero-order valence-corrected chi connectivity index (χ0v) is 7.33. The molecule has 1 saturated carbocycles. The first-order valence-corrected chi connectivity index (χ1v) is 5.61. The standard InChI is InChI=1S/C9H16S/c1-2-4-9-6-5-8(3-1)7-10-9/h8-9H,1-7H2. The summed E-state index contributed by atoms with van der Waals surface area (Å²) in [6.07, 6.45) is 9.12. The van der Waals surface area contributed by atoms with E-state index in [1.54, 1.807) is 0 Å². The van der Waals surface area contributed by atoms with Gasteiger partial charge in [0, 0.05) is 5.25 Å². The lowest BCUT2D eigenvalue weighted by atomic mass is 9.92. The second-order valence-corrected chi connectivity index (χ2v) is 5.02. The van der Waals surface area contributed by atoms with Crippen LogP contribution in [0.25, 0.3) is 0 Å². The summed E-state index contributed by atoms with van der Waals surface area (Å²) in [5.74, 6) is 2.58. The van der Waals surface area contributed by atoms with E-state index < -0.39 is 0 Å². The molecular formula is C9H16S. The topological polar surface area (TPSA) is 0 Å². The molecule has 0 N–H and O–H groups in total. The summed E-state index contributed by atoms with van der Waals surface area (Å²) < 4.78 is 0. The lowest BCUT2D eigenvalue weighted by Crippen LogP contribution is -2.20. The monoisotopic (exact) mass is 156 g/mol. The van der Waals surface area contributed by atoms with Crippen molar-refractivity contribution in [3.05, 3.63) is 0 Å². The summed E-state index contributed by atoms with van der Waals surface area (Å²) in [5.41, 5.74) is 0. The molecule has 1 heteroatoms. The molecule has 2 aliphatic heterocycles. The van der Waals surface area contributed by atoms with E-state index in [9.17, 15) is 0 Å². The molecule has 0 spiro atoms. The molecule has 0 radical (unpaired) electrons. The van der Waals surface area contributed by atoms with Gasteiger partial charge in [-0.3, -0.25) is 0 Å². The van der Waals surface area contributed by atoms with Gasteiger partial charge in [-0.25, -0.2) is 0 Å². The van der Waals surface area contributed by atoms with E-state index in [4.69, 9.17) is 0 Å². The van der Waals surface area contributed by atoms with Gasteiger partial charge in [0.05, 0.1) is 0 Å². The lowest BCUT2D eigenvalue weighted by molar-refractivity contribution is 0.399. The number of rotatable bonds is 0. The summed E-state index contributed by atoms with van der Waals surface area (Å²) >= 11 is 2.25. The number of hydrogen-bond acceptors (Lipinski definition) is 1. The van der Waals surface area contributed by atoms with Crippen LogP contribution in [0.15, 0.2) is 0 Å². The van der Waals surface area contributed by atoms with Gasteiger partial charge in [0.15, 0.2) is 0 Å². The highest BCUT2D eigenvalue weighted by atomic mass is 32.2. The first-order valence-electron chi connectivity index (χ1n) is 4.57. The van der Waals surface area contributed by atoms with Gasteiger partial charge in [0.1, 0.15) is 0 Å². The molecule has 3 fully saturated rings. The molecule has 2 bridgehead atoms. The highest BCUT2D eigenvalue weighted by Gasteiger charge is 2.23. The molecule has 0 amide bonds. The van der Waals surface area contributed by atoms with E-state index >= 15 is 0 Å². The maximum Gasteiger partial charge on any atom is 0.00472 e. The number of thioether (sulfide) groups is 1. The van der Waals surface area contributed by atoms with Gasteiger partial charge in [0.25, 0.3) is 0 Å². The van der Waals surface area contributed by atoms with Crippen molar-refractivity contribution in [1.82, 2.24) is 0 Å². The molecule has 2 atom stereocenters. The van der Waals surface area contributed by atoms with Crippen LogP contribution in [0.4, 0.5) is 0 Å². The molecule has 0 nitrogen and oxygen atoms in total. The third-order valence-corrected chi connectivity index (χ3v) is 4.46. The number of hydrogen-bond donors (Lipinski definition) is 0. The Labute approximate surface area is 67.8 Å². The third kappa shape index (κ3) is 1.50. The predicted molar refractivity (Wildman–Crippen MR) is 47.4 cm³/mol. The van der Waals surface area contributed by atoms with Crippen molar-refractivity contribution in [3.8, 4) is 0 Å². The van der Waals surface area contributed by atoms with Crippen LogP contribution >= 0.6 is 11.8 Å². The lowest BCUT2D eigenvalue weighted by Gasteiger charge is -2.31. The van der Waals surface area contributed by atoms with Crippen molar-refractivity contribution in [2.75, 3.05) is 5.75 Å². The van der Waals surface area contributed by atoms with Gasteiger partial charge in [-0.1, -0.05) is 12.8 Å². The Hall–Kier alpha value is 0.350. The van der Waals surface area contributed by atoms with Crippen LogP contribution in [0, 0.1) is 5.92 Å². The minimum absolute atomic E-state index is 1.05. The Kier molecular flexibility index (Phi) is 2.22. The van der Waals surface area contributed by atoms with E-state index in [2.05, 4.69) is 11.8 Å². The van der Waals surface area contributed by atoms with Crippen molar-refractivity contribution in [2.45, 2.75) is 43.8 Å². The van der Waals surface area contributed by atoms with Gasteiger partial charge >= 0.3 is 0 Å². The Morgan fingerprint density at radius 2 is 1.80 bits per heavy atom. The molecule has 2 unspecified atom stereocenters. The van der Waals surface area contributed by atoms with Crippen molar-refractivity contribution >= 4 is 11.8 Å². The van der Waals surface area contributed by atoms with Crippen molar-refractivity contribution < 1.29 is 0 Å². The molecule has 2 saturated heterocycles. The third-order valence-electron chi connectivity index (χ3n) is 2.85. The van der Waals surface area contributed by atoms with E-state index in [-0.39, 0.29) is 0 Å². The molecule has 3 rings (SSSR count). The van der Waals surface area contributed by atoms with Crippen LogP contribution in [0.1, 0.15) is 38.5 Å². The summed E-state index contributed by atoms with van der Waals surface area (Å²) in [6.45, 7) is 0. The van der Waals surface area contributed by atoms with E-state index in [1.807, 2.05) is 0 Å². The van der Waals surface area contributed by atoms with Crippen molar-refractivity contribution in [1.29, 1.82) is 0 Å². The highest BCUT2D eigenvalue weighted by molar-refractivity contribution is 7.99. The second-order valence-electron chi connectivity index (χ2n) is 3.68. The summed E-state index contributed by atoms with van der Waals surface area (Å²) in [6, 6.07) is 0. The van der Waals surface area contributed by atoms with E-state index in [0.29, 0.717) is 0 Å². The zero-order chi connectivity index (χ0) is 6.81. The van der Waals surface area contributed by atoms with Gasteiger partial charge in [-0.05, 0) is 37.4 Å². The smallest absolute Gasteiger partial charge is 0.00472 e. The molecule has 0 aromatic carbocycles. The van der Waals surface area contributed by atoms with Gasteiger partial charge < -0.3 is 0 Å². The minimum atomic E-state index is 1.05. The zero-order valence-electron chi connectivity index (χ0n) is 6.51. The normalized spacial score (nSPS) is 40.8. The fraction of sp³-hybridized carbons (Fsp3) is 1.00. The van der Waals surface area contributed by atoms with Gasteiger partial charge in [0.2, 0.25) is 0 Å². The van der Waals surface area contributed by atoms with Gasteiger partial charge in [-0.15, -0.1) is 0 Å². The van der Waals surface area contributed by atoms with Crippen molar-refractivity contribution in [2.24, 2.45) is 5.92 Å². The van der Waals surface area contributed by atoms with Crippen LogP contribution in [-0.4, -0.2) is 11.0 Å². The van der Waals surface area contributed by atoms with Crippen molar-refractivity contribution in [3.63, 3.8) is 0 Å². The van der Waals surface area contributed by atoms with Crippen LogP contribution in [0.3, 0.4) is 0 Å². The summed E-state index contributed by atoms with van der Waals surface area (Å²) in [7, 11) is 0. The number of fused-ring (bicyclic) bond motifs is 5. The first-order chi connectivity index (χ1) is 4.95. The molecule has 10 heavy (non-hydrogen) atoms. The predicted octanol–water partition coefficient (Wildman–Crippen LogP) is 3.07. The maximum absolute atomic E-state index is 2.25. The Morgan fingerprint density at radius 3 is 2.60 bits per heavy atom. The second kappa shape index (κ2) is 3.17. The SMILES string of the molecule is C1CCC2CCC(C1)CS2. The summed E-state index contributed by atoms with van der Waals surface area (Å²) in [4.78, 5) is 0. The molecule has 58 valence electrons. The molecular weight excluding hydrogens is 140 g/mol. The molecule has 2 heterocycles. The Balaban J connectivity index is 1.94. The summed E-state index contributed by atoms with van der Waals surface area (Å²) in [5, 5.41) is 1.05. The quantitative estimate of drug-likeness (QED) is 0.519. The average Bonchev–Trinajstić information content (AvgIpc) is 1.89.